The minimum Gasteiger partial charge on any atom is -0.340 e. The molecular formula is C16H15FN4O3. The molecule has 2 heterocycles. The predicted molar refractivity (Wildman–Crippen MR) is 79.2 cm³/mol. The van der Waals surface area contributed by atoms with Crippen LogP contribution in [0.2, 0.25) is 0 Å². The van der Waals surface area contributed by atoms with Gasteiger partial charge in [0.25, 0.3) is 5.91 Å². The Morgan fingerprint density at radius 3 is 2.67 bits per heavy atom. The maximum atomic E-state index is 14.4. The molecule has 1 aromatic carbocycles. The van der Waals surface area contributed by atoms with Crippen molar-refractivity contribution in [3.8, 4) is 0 Å². The van der Waals surface area contributed by atoms with Crippen LogP contribution in [0.1, 0.15) is 36.2 Å². The Hall–Kier alpha value is -2.77. The molecule has 0 N–H and O–H groups in total. The van der Waals surface area contributed by atoms with Gasteiger partial charge in [0, 0.05) is 18.5 Å². The maximum Gasteiger partial charge on any atom is 0.328 e. The molecule has 0 bridgehead atoms. The van der Waals surface area contributed by atoms with Gasteiger partial charge >= 0.3 is 6.03 Å². The van der Waals surface area contributed by atoms with Crippen molar-refractivity contribution in [3.05, 3.63) is 47.4 Å². The summed E-state index contributed by atoms with van der Waals surface area (Å²) < 4.78 is 19.3. The van der Waals surface area contributed by atoms with Gasteiger partial charge in [0.1, 0.15) is 18.4 Å². The van der Waals surface area contributed by atoms with E-state index in [0.29, 0.717) is 0 Å². The molecule has 1 aromatic heterocycles. The minimum atomic E-state index is -1.03. The number of hydrogen-bond acceptors (Lipinski definition) is 5. The Balaban J connectivity index is 1.79. The fourth-order valence-corrected chi connectivity index (χ4v) is 2.98. The van der Waals surface area contributed by atoms with E-state index < -0.39 is 17.9 Å². The molecule has 4 rings (SSSR count). The van der Waals surface area contributed by atoms with Crippen molar-refractivity contribution in [1.82, 2.24) is 19.9 Å². The van der Waals surface area contributed by atoms with Gasteiger partial charge in [-0.05, 0) is 18.9 Å². The summed E-state index contributed by atoms with van der Waals surface area (Å²) in [6, 6.07) is 4.61. The Morgan fingerprint density at radius 1 is 1.29 bits per heavy atom. The van der Waals surface area contributed by atoms with Gasteiger partial charge in [-0.2, -0.15) is 4.98 Å². The maximum absolute atomic E-state index is 14.4. The van der Waals surface area contributed by atoms with Gasteiger partial charge in [-0.3, -0.25) is 4.79 Å². The molecule has 7 nitrogen and oxygen atoms in total. The van der Waals surface area contributed by atoms with E-state index in [9.17, 15) is 14.0 Å². The van der Waals surface area contributed by atoms with E-state index >= 15 is 0 Å². The first-order chi connectivity index (χ1) is 11.6. The van der Waals surface area contributed by atoms with Crippen LogP contribution < -0.4 is 0 Å². The van der Waals surface area contributed by atoms with Crippen molar-refractivity contribution in [1.29, 1.82) is 0 Å². The van der Waals surface area contributed by atoms with E-state index in [4.69, 9.17) is 4.52 Å². The number of rotatable bonds is 4. The quantitative estimate of drug-likeness (QED) is 0.802. The Morgan fingerprint density at radius 2 is 2.04 bits per heavy atom. The summed E-state index contributed by atoms with van der Waals surface area (Å²) in [5.74, 6) is -0.542. The molecule has 1 aliphatic carbocycles. The summed E-state index contributed by atoms with van der Waals surface area (Å²) in [5.41, 5.74) is 0.164. The fraction of sp³-hybridized carbons (Fsp3) is 0.375. The molecule has 1 saturated carbocycles. The minimum absolute atomic E-state index is 0.00524. The summed E-state index contributed by atoms with van der Waals surface area (Å²) in [5, 5.41) is 3.82. The summed E-state index contributed by atoms with van der Waals surface area (Å²) in [6.45, 7) is 1.60. The summed E-state index contributed by atoms with van der Waals surface area (Å²) in [6.07, 6.45) is 1.77. The van der Waals surface area contributed by atoms with Crippen molar-refractivity contribution >= 4 is 11.9 Å². The predicted octanol–water partition coefficient (Wildman–Crippen LogP) is 2.03. The summed E-state index contributed by atoms with van der Waals surface area (Å²) in [4.78, 5) is 31.9. The molecular weight excluding hydrogens is 315 g/mol. The lowest BCUT2D eigenvalue weighted by Gasteiger charge is -2.24. The van der Waals surface area contributed by atoms with Gasteiger partial charge in [0.15, 0.2) is 5.82 Å². The standard InChI is InChI=1S/C16H15FN4O3/c1-9-18-15(19-24-9)14(11-4-2-3-5-12(11)17)21-13(22)8-20(16(21)23)10-6-7-10/h2-5,10,14H,6-8H2,1H3. The normalized spacial score (nSPS) is 19.2. The van der Waals surface area contributed by atoms with E-state index in [0.717, 1.165) is 17.7 Å². The van der Waals surface area contributed by atoms with Crippen LogP contribution in [0.25, 0.3) is 0 Å². The molecule has 1 aliphatic heterocycles. The number of carbonyl (C=O) groups is 2. The first-order valence-electron chi connectivity index (χ1n) is 7.73. The highest BCUT2D eigenvalue weighted by Crippen LogP contribution is 2.36. The number of hydrogen-bond donors (Lipinski definition) is 0. The average Bonchev–Trinajstić information content (AvgIpc) is 3.25. The van der Waals surface area contributed by atoms with Crippen LogP contribution in [-0.4, -0.2) is 44.5 Å². The number of nitrogens with zero attached hydrogens (tertiary/aromatic N) is 4. The monoisotopic (exact) mass is 330 g/mol. The van der Waals surface area contributed by atoms with Crippen LogP contribution >= 0.6 is 0 Å². The molecule has 0 radical (unpaired) electrons. The molecule has 24 heavy (non-hydrogen) atoms. The zero-order valence-corrected chi connectivity index (χ0v) is 13.0. The van der Waals surface area contributed by atoms with Crippen molar-refractivity contribution in [2.45, 2.75) is 31.8 Å². The van der Waals surface area contributed by atoms with Gasteiger partial charge in [-0.1, -0.05) is 23.4 Å². The third-order valence-electron chi connectivity index (χ3n) is 4.26. The lowest BCUT2D eigenvalue weighted by Crippen LogP contribution is -2.38. The SMILES string of the molecule is Cc1nc(C(c2ccccc2F)N2C(=O)CN(C3CC3)C2=O)no1. The van der Waals surface area contributed by atoms with Crippen LogP contribution in [-0.2, 0) is 4.79 Å². The topological polar surface area (TPSA) is 79.5 Å². The third kappa shape index (κ3) is 2.34. The number of amides is 3. The van der Waals surface area contributed by atoms with E-state index in [-0.39, 0.29) is 35.8 Å². The van der Waals surface area contributed by atoms with Crippen LogP contribution in [0, 0.1) is 12.7 Å². The summed E-state index contributed by atoms with van der Waals surface area (Å²) >= 11 is 0. The Labute approximate surface area is 137 Å². The molecule has 2 aromatic rings. The Kier molecular flexibility index (Phi) is 3.33. The molecule has 124 valence electrons. The van der Waals surface area contributed by atoms with E-state index in [1.54, 1.807) is 19.1 Å². The molecule has 2 fully saturated rings. The number of imide groups is 1. The first kappa shape index (κ1) is 14.8. The lowest BCUT2D eigenvalue weighted by atomic mass is 10.0. The van der Waals surface area contributed by atoms with Crippen molar-refractivity contribution in [2.75, 3.05) is 6.54 Å². The molecule has 3 amide bonds. The molecule has 0 spiro atoms. The number of urea groups is 1. The second-order valence-corrected chi connectivity index (χ2v) is 6.00. The number of aryl methyl sites for hydroxylation is 1. The number of benzene rings is 1. The second kappa shape index (κ2) is 5.40. The first-order valence-corrected chi connectivity index (χ1v) is 7.73. The van der Waals surface area contributed by atoms with Crippen molar-refractivity contribution in [3.63, 3.8) is 0 Å². The highest BCUT2D eigenvalue weighted by Gasteiger charge is 2.48. The molecule has 1 saturated heterocycles. The molecule has 8 heteroatoms. The van der Waals surface area contributed by atoms with E-state index in [1.807, 2.05) is 0 Å². The lowest BCUT2D eigenvalue weighted by molar-refractivity contribution is -0.126. The van der Waals surface area contributed by atoms with Gasteiger partial charge < -0.3 is 9.42 Å². The third-order valence-corrected chi connectivity index (χ3v) is 4.26. The van der Waals surface area contributed by atoms with E-state index in [1.165, 1.54) is 17.0 Å². The zero-order valence-electron chi connectivity index (χ0n) is 13.0. The van der Waals surface area contributed by atoms with Crippen LogP contribution in [0.5, 0.6) is 0 Å². The largest absolute Gasteiger partial charge is 0.340 e. The molecule has 1 atom stereocenters. The molecule has 2 aliphatic rings. The van der Waals surface area contributed by atoms with Crippen LogP contribution in [0.3, 0.4) is 0 Å². The zero-order chi connectivity index (χ0) is 16.8. The highest BCUT2D eigenvalue weighted by molar-refractivity contribution is 6.03. The van der Waals surface area contributed by atoms with Crippen molar-refractivity contribution in [2.24, 2.45) is 0 Å². The number of halogens is 1. The Bertz CT molecular complexity index is 817. The van der Waals surface area contributed by atoms with Crippen molar-refractivity contribution < 1.29 is 18.5 Å². The van der Waals surface area contributed by atoms with Gasteiger partial charge in [-0.15, -0.1) is 0 Å². The van der Waals surface area contributed by atoms with Gasteiger partial charge in [-0.25, -0.2) is 14.1 Å². The van der Waals surface area contributed by atoms with Crippen LogP contribution in [0.15, 0.2) is 28.8 Å². The summed E-state index contributed by atoms with van der Waals surface area (Å²) in [7, 11) is 0. The fourth-order valence-electron chi connectivity index (χ4n) is 2.98. The average molecular weight is 330 g/mol. The number of aromatic nitrogens is 2. The van der Waals surface area contributed by atoms with Crippen LogP contribution in [0.4, 0.5) is 9.18 Å². The second-order valence-electron chi connectivity index (χ2n) is 6.00. The van der Waals surface area contributed by atoms with E-state index in [2.05, 4.69) is 10.1 Å². The van der Waals surface area contributed by atoms with Gasteiger partial charge in [0.05, 0.1) is 0 Å². The number of carbonyl (C=O) groups excluding carboxylic acids is 2. The highest BCUT2D eigenvalue weighted by atomic mass is 19.1. The van der Waals surface area contributed by atoms with Gasteiger partial charge in [0.2, 0.25) is 5.89 Å². The smallest absolute Gasteiger partial charge is 0.328 e. The molecule has 1 unspecified atom stereocenters.